The second-order valence-electron chi connectivity index (χ2n) is 5.96. The summed E-state index contributed by atoms with van der Waals surface area (Å²) in [6.45, 7) is 1.74. The molecule has 0 spiro atoms. The van der Waals surface area contributed by atoms with E-state index < -0.39 is 24.2 Å². The average molecular weight is 399 g/mol. The summed E-state index contributed by atoms with van der Waals surface area (Å²) in [6.07, 6.45) is -6.60. The summed E-state index contributed by atoms with van der Waals surface area (Å²) in [5.41, 5.74) is 0.113. The van der Waals surface area contributed by atoms with Crippen LogP contribution in [0.4, 0.5) is 22.0 Å². The van der Waals surface area contributed by atoms with E-state index in [0.717, 1.165) is 24.3 Å². The van der Waals surface area contributed by atoms with E-state index in [1.807, 2.05) is 0 Å². The van der Waals surface area contributed by atoms with Gasteiger partial charge >= 0.3 is 6.36 Å². The van der Waals surface area contributed by atoms with Crippen molar-refractivity contribution in [3.63, 3.8) is 0 Å². The molecule has 1 N–H and O–H groups in total. The first-order valence-electron chi connectivity index (χ1n) is 8.46. The Morgan fingerprint density at radius 1 is 1.00 bits per heavy atom. The molecular weight excluding hydrogens is 381 g/mol. The summed E-state index contributed by atoms with van der Waals surface area (Å²) in [5, 5.41) is 2.70. The van der Waals surface area contributed by atoms with Gasteiger partial charge in [0.1, 0.15) is 5.75 Å². The first-order valence-corrected chi connectivity index (χ1v) is 8.46. The van der Waals surface area contributed by atoms with Crippen LogP contribution in [0.5, 0.6) is 5.75 Å². The molecule has 2 aromatic rings. The topological polar surface area (TPSA) is 38.3 Å². The number of hydrogen-bond acceptors (Lipinski definition) is 2. The molecule has 0 fully saturated rings. The lowest BCUT2D eigenvalue weighted by Crippen LogP contribution is -2.34. The first kappa shape index (κ1) is 21.4. The van der Waals surface area contributed by atoms with Gasteiger partial charge in [0, 0.05) is 17.2 Å². The van der Waals surface area contributed by atoms with Crippen molar-refractivity contribution >= 4 is 11.5 Å². The van der Waals surface area contributed by atoms with Gasteiger partial charge in [-0.25, -0.2) is 0 Å². The Balaban J connectivity index is 2.13. The molecule has 0 aliphatic carbocycles. The molecule has 1 amide bonds. The largest absolute Gasteiger partial charge is 0.573 e. The zero-order valence-electron chi connectivity index (χ0n) is 14.9. The van der Waals surface area contributed by atoms with Crippen molar-refractivity contribution in [1.29, 1.82) is 0 Å². The van der Waals surface area contributed by atoms with Crippen LogP contribution in [0.3, 0.4) is 0 Å². The summed E-state index contributed by atoms with van der Waals surface area (Å²) in [6, 6.07) is 11.9. The number of benzene rings is 2. The van der Waals surface area contributed by atoms with Gasteiger partial charge < -0.3 is 10.1 Å². The zero-order chi connectivity index (χ0) is 20.7. The summed E-state index contributed by atoms with van der Waals surface area (Å²) in [5.74, 6) is -0.890. The molecule has 0 bridgehead atoms. The SMILES string of the molecule is CCC(CC(=C(F)F)c1ccc(OC(F)(F)F)cc1)NC(=O)c1ccccc1. The number of carbonyl (C=O) groups excluding carboxylic acids is 1. The molecule has 0 aromatic heterocycles. The van der Waals surface area contributed by atoms with E-state index in [1.54, 1.807) is 37.3 Å². The molecule has 2 aromatic carbocycles. The van der Waals surface area contributed by atoms with Crippen molar-refractivity contribution < 1.29 is 31.5 Å². The Morgan fingerprint density at radius 3 is 2.11 bits per heavy atom. The van der Waals surface area contributed by atoms with Crippen LogP contribution in [-0.4, -0.2) is 18.3 Å². The van der Waals surface area contributed by atoms with Gasteiger partial charge in [-0.3, -0.25) is 4.79 Å². The Hall–Kier alpha value is -2.90. The molecule has 8 heteroatoms. The predicted octanol–water partition coefficient (Wildman–Crippen LogP) is 5.79. The zero-order valence-corrected chi connectivity index (χ0v) is 14.9. The van der Waals surface area contributed by atoms with E-state index in [9.17, 15) is 26.7 Å². The highest BCUT2D eigenvalue weighted by Gasteiger charge is 2.31. The second-order valence-corrected chi connectivity index (χ2v) is 5.96. The molecule has 150 valence electrons. The fraction of sp³-hybridized carbons (Fsp3) is 0.250. The lowest BCUT2D eigenvalue weighted by atomic mass is 9.97. The van der Waals surface area contributed by atoms with Crippen molar-refractivity contribution in [3.8, 4) is 5.75 Å². The van der Waals surface area contributed by atoms with Crippen LogP contribution >= 0.6 is 0 Å². The van der Waals surface area contributed by atoms with Gasteiger partial charge in [-0.1, -0.05) is 37.3 Å². The van der Waals surface area contributed by atoms with E-state index in [-0.39, 0.29) is 23.5 Å². The second kappa shape index (κ2) is 9.34. The molecule has 2 rings (SSSR count). The van der Waals surface area contributed by atoms with E-state index in [0.29, 0.717) is 12.0 Å². The molecule has 0 saturated carbocycles. The number of halogens is 5. The molecule has 0 heterocycles. The number of alkyl halides is 3. The Labute approximate surface area is 158 Å². The number of ether oxygens (including phenoxy) is 1. The van der Waals surface area contributed by atoms with Gasteiger partial charge in [-0.15, -0.1) is 13.2 Å². The quantitative estimate of drug-likeness (QED) is 0.599. The fourth-order valence-electron chi connectivity index (χ4n) is 2.56. The van der Waals surface area contributed by atoms with Gasteiger partial charge in [0.25, 0.3) is 12.0 Å². The van der Waals surface area contributed by atoms with E-state index in [4.69, 9.17) is 0 Å². The van der Waals surface area contributed by atoms with Crippen LogP contribution in [0.15, 0.2) is 60.7 Å². The molecule has 0 aliphatic heterocycles. The molecule has 1 atom stereocenters. The summed E-state index contributed by atoms with van der Waals surface area (Å²) in [4.78, 5) is 12.2. The van der Waals surface area contributed by atoms with Gasteiger partial charge in [0.05, 0.1) is 0 Å². The Bertz CT molecular complexity index is 813. The third-order valence-electron chi connectivity index (χ3n) is 3.98. The third-order valence-corrected chi connectivity index (χ3v) is 3.98. The molecule has 3 nitrogen and oxygen atoms in total. The summed E-state index contributed by atoms with van der Waals surface area (Å²) < 4.78 is 67.3. The molecule has 1 unspecified atom stereocenters. The molecule has 0 aliphatic rings. The van der Waals surface area contributed by atoms with Crippen LogP contribution < -0.4 is 10.1 Å². The van der Waals surface area contributed by atoms with Crippen molar-refractivity contribution in [1.82, 2.24) is 5.32 Å². The normalized spacial score (nSPS) is 12.2. The van der Waals surface area contributed by atoms with Gasteiger partial charge in [0.15, 0.2) is 0 Å². The van der Waals surface area contributed by atoms with E-state index in [1.165, 1.54) is 0 Å². The van der Waals surface area contributed by atoms with Crippen LogP contribution in [-0.2, 0) is 0 Å². The number of rotatable bonds is 7. The maximum atomic E-state index is 13.5. The maximum absolute atomic E-state index is 13.5. The van der Waals surface area contributed by atoms with E-state index in [2.05, 4.69) is 10.1 Å². The van der Waals surface area contributed by atoms with Crippen molar-refractivity contribution in [3.05, 3.63) is 71.8 Å². The lowest BCUT2D eigenvalue weighted by Gasteiger charge is -2.19. The minimum Gasteiger partial charge on any atom is -0.406 e. The Morgan fingerprint density at radius 2 is 1.61 bits per heavy atom. The minimum absolute atomic E-state index is 0.0573. The highest BCUT2D eigenvalue weighted by atomic mass is 19.4. The maximum Gasteiger partial charge on any atom is 0.573 e. The van der Waals surface area contributed by atoms with Crippen LogP contribution in [0.1, 0.15) is 35.7 Å². The smallest absolute Gasteiger partial charge is 0.406 e. The number of carbonyl (C=O) groups is 1. The molecular formula is C20H18F5NO2. The summed E-state index contributed by atoms with van der Waals surface area (Å²) >= 11 is 0. The predicted molar refractivity (Wildman–Crippen MR) is 94.9 cm³/mol. The monoisotopic (exact) mass is 399 g/mol. The fourth-order valence-corrected chi connectivity index (χ4v) is 2.56. The lowest BCUT2D eigenvalue weighted by molar-refractivity contribution is -0.274. The molecule has 0 radical (unpaired) electrons. The van der Waals surface area contributed by atoms with Crippen LogP contribution in [0.25, 0.3) is 5.57 Å². The first-order chi connectivity index (χ1) is 13.2. The van der Waals surface area contributed by atoms with Crippen LogP contribution in [0, 0.1) is 0 Å². The Kier molecular flexibility index (Phi) is 7.14. The standard InChI is InChI=1S/C20H18F5NO2/c1-2-15(26-19(27)14-6-4-3-5-7-14)12-17(18(21)22)13-8-10-16(11-9-13)28-20(23,24)25/h3-11,15H,2,12H2,1H3,(H,26,27). The third kappa shape index (κ3) is 6.37. The van der Waals surface area contributed by atoms with Crippen molar-refractivity contribution in [2.24, 2.45) is 0 Å². The molecule has 0 saturated heterocycles. The van der Waals surface area contributed by atoms with E-state index >= 15 is 0 Å². The van der Waals surface area contributed by atoms with Crippen molar-refractivity contribution in [2.45, 2.75) is 32.2 Å². The van der Waals surface area contributed by atoms with Gasteiger partial charge in [-0.2, -0.15) is 8.78 Å². The summed E-state index contributed by atoms with van der Waals surface area (Å²) in [7, 11) is 0. The highest BCUT2D eigenvalue weighted by molar-refractivity contribution is 5.94. The number of hydrogen-bond donors (Lipinski definition) is 1. The number of amides is 1. The number of nitrogens with one attached hydrogen (secondary N) is 1. The average Bonchev–Trinajstić information content (AvgIpc) is 2.65. The molecule has 28 heavy (non-hydrogen) atoms. The van der Waals surface area contributed by atoms with Crippen molar-refractivity contribution in [2.75, 3.05) is 0 Å². The minimum atomic E-state index is -4.86. The highest BCUT2D eigenvalue weighted by Crippen LogP contribution is 2.29. The van der Waals surface area contributed by atoms with Gasteiger partial charge in [0.2, 0.25) is 0 Å². The van der Waals surface area contributed by atoms with Crippen LogP contribution in [0.2, 0.25) is 0 Å². The van der Waals surface area contributed by atoms with Gasteiger partial charge in [-0.05, 0) is 42.7 Å².